The Morgan fingerprint density at radius 2 is 0.604 bits per heavy atom. The highest BCUT2D eigenvalue weighted by molar-refractivity contribution is 6.18. The zero-order chi connectivity index (χ0) is 38.3. The fraction of sp³-hybridized carbons (Fsp3) is 0.474. The molecule has 0 N–H and O–H groups in total. The molecule has 290 valence electrons. The molecule has 1 fully saturated rings. The van der Waals surface area contributed by atoms with Crippen LogP contribution in [0.15, 0.2) is 59.7 Å². The lowest BCUT2D eigenvalue weighted by Gasteiger charge is -2.13. The molecule has 1 aliphatic rings. The number of anilines is 2. The van der Waals surface area contributed by atoms with Crippen molar-refractivity contribution in [2.45, 2.75) is 0 Å². The van der Waals surface area contributed by atoms with Gasteiger partial charge in [0.05, 0.1) is 66.1 Å². The van der Waals surface area contributed by atoms with E-state index >= 15 is 0 Å². The smallest absolute Gasteiger partial charge is 0.345 e. The monoisotopic (exact) mass is 742 g/mol. The van der Waals surface area contributed by atoms with Crippen LogP contribution in [-0.2, 0) is 61.8 Å². The van der Waals surface area contributed by atoms with E-state index in [4.69, 9.17) is 42.6 Å². The Hall–Kier alpha value is -4.80. The summed E-state index contributed by atoms with van der Waals surface area (Å²) in [6.45, 7) is 1.08. The van der Waals surface area contributed by atoms with E-state index in [-0.39, 0.29) is 104 Å². The minimum absolute atomic E-state index is 0.0384. The summed E-state index contributed by atoms with van der Waals surface area (Å²) in [4.78, 5) is 55.5. The van der Waals surface area contributed by atoms with Gasteiger partial charge in [-0.15, -0.1) is 0 Å². The largest absolute Gasteiger partial charge is 0.459 e. The average molecular weight is 743 g/mol. The van der Waals surface area contributed by atoms with E-state index in [1.54, 1.807) is 24.3 Å². The normalized spacial score (nSPS) is 19.5. The lowest BCUT2D eigenvalue weighted by molar-refractivity contribution is -0.150. The van der Waals surface area contributed by atoms with Gasteiger partial charge >= 0.3 is 23.9 Å². The molecule has 0 bridgehead atoms. The van der Waals surface area contributed by atoms with Crippen molar-refractivity contribution < 1.29 is 61.8 Å². The Kier molecular flexibility index (Phi) is 19.7. The van der Waals surface area contributed by atoms with E-state index in [2.05, 4.69) is 0 Å². The summed E-state index contributed by atoms with van der Waals surface area (Å²) in [6.07, 6.45) is 2.82. The number of hydrogen-bond donors (Lipinski definition) is 0. The highest BCUT2D eigenvalue weighted by Crippen LogP contribution is 2.17. The van der Waals surface area contributed by atoms with Crippen LogP contribution in [0.3, 0.4) is 0 Å². The zero-order valence-corrected chi connectivity index (χ0v) is 30.9. The van der Waals surface area contributed by atoms with Crippen LogP contribution in [0.2, 0.25) is 0 Å². The SMILES string of the molecule is CN(C)c1ccc(/C=C2\C(=O)OCCOCCOCCOCCOC(=O)/C(=C\c3ccc(N(C)C)cc3)C(=O)OCCOCCOCCOC2=O)cc1. The van der Waals surface area contributed by atoms with Gasteiger partial charge in [-0.2, -0.15) is 0 Å². The first-order chi connectivity index (χ1) is 25.7. The third kappa shape index (κ3) is 16.6. The topological polar surface area (TPSA) is 158 Å². The Morgan fingerprint density at radius 1 is 0.377 bits per heavy atom. The molecule has 15 heteroatoms. The summed E-state index contributed by atoms with van der Waals surface area (Å²) >= 11 is 0. The minimum Gasteiger partial charge on any atom is -0.459 e. The van der Waals surface area contributed by atoms with Gasteiger partial charge in [0.15, 0.2) is 0 Å². The van der Waals surface area contributed by atoms with Gasteiger partial charge in [0.2, 0.25) is 0 Å². The van der Waals surface area contributed by atoms with E-state index in [1.165, 1.54) is 12.2 Å². The number of hydrogen-bond acceptors (Lipinski definition) is 15. The molecule has 0 aromatic heterocycles. The van der Waals surface area contributed by atoms with E-state index in [9.17, 15) is 19.2 Å². The van der Waals surface area contributed by atoms with Crippen molar-refractivity contribution in [3.63, 3.8) is 0 Å². The van der Waals surface area contributed by atoms with Gasteiger partial charge in [0, 0.05) is 39.6 Å². The van der Waals surface area contributed by atoms with Gasteiger partial charge in [-0.25, -0.2) is 19.2 Å². The third-order valence-corrected chi connectivity index (χ3v) is 7.28. The highest BCUT2D eigenvalue weighted by Gasteiger charge is 2.23. The Morgan fingerprint density at radius 3 is 0.830 bits per heavy atom. The zero-order valence-electron chi connectivity index (χ0n) is 30.9. The second kappa shape index (κ2) is 24.4. The Labute approximate surface area is 310 Å². The van der Waals surface area contributed by atoms with Crippen molar-refractivity contribution in [2.75, 3.05) is 130 Å². The number of ether oxygens (including phenoxy) is 9. The second-order valence-electron chi connectivity index (χ2n) is 11.7. The summed E-state index contributed by atoms with van der Waals surface area (Å²) in [7, 11) is 7.62. The standard InChI is InChI=1S/C38H50N2O13/c1-39(2)31-9-5-29(6-10-31)27-33-35(41)50-23-19-46-15-13-45-14-16-47-20-24-51-36(42)34(28-30-7-11-32(12-8-30)40(3)4)38(44)53-26-22-49-18-17-48-21-25-52-37(33)43/h5-12,27-28H,13-26H2,1-4H3/b33-27+,34-28+. The van der Waals surface area contributed by atoms with E-state index in [0.717, 1.165) is 11.4 Å². The van der Waals surface area contributed by atoms with Crippen molar-refractivity contribution >= 4 is 47.4 Å². The number of rotatable bonds is 4. The molecule has 1 saturated heterocycles. The average Bonchev–Trinajstić information content (AvgIpc) is 3.15. The molecule has 0 spiro atoms. The number of nitrogens with zero attached hydrogens (tertiary/aromatic N) is 2. The van der Waals surface area contributed by atoms with Crippen LogP contribution in [0.5, 0.6) is 0 Å². The van der Waals surface area contributed by atoms with Crippen LogP contribution in [-0.4, -0.2) is 145 Å². The van der Waals surface area contributed by atoms with Crippen LogP contribution >= 0.6 is 0 Å². The first kappa shape index (κ1) is 42.6. The highest BCUT2D eigenvalue weighted by atomic mass is 16.6. The van der Waals surface area contributed by atoms with Gasteiger partial charge < -0.3 is 52.4 Å². The summed E-state index contributed by atoms with van der Waals surface area (Å²) < 4.78 is 48.5. The lowest BCUT2D eigenvalue weighted by Crippen LogP contribution is -2.22. The molecular weight excluding hydrogens is 692 g/mol. The Bertz CT molecular complexity index is 1380. The first-order valence-corrected chi connectivity index (χ1v) is 17.2. The maximum Gasteiger partial charge on any atom is 0.345 e. The summed E-state index contributed by atoms with van der Waals surface area (Å²) in [6, 6.07) is 14.5. The Balaban J connectivity index is 1.58. The number of benzene rings is 2. The number of carbonyl (C=O) groups excluding carboxylic acids is 4. The van der Waals surface area contributed by atoms with Crippen LogP contribution < -0.4 is 9.80 Å². The van der Waals surface area contributed by atoms with Crippen LogP contribution in [0.1, 0.15) is 11.1 Å². The lowest BCUT2D eigenvalue weighted by atomic mass is 10.1. The molecule has 0 aliphatic carbocycles. The molecule has 0 unspecified atom stereocenters. The molecule has 1 aliphatic heterocycles. The fourth-order valence-corrected chi connectivity index (χ4v) is 4.42. The molecule has 2 aromatic carbocycles. The number of esters is 4. The van der Waals surface area contributed by atoms with Crippen LogP contribution in [0.4, 0.5) is 11.4 Å². The fourth-order valence-electron chi connectivity index (χ4n) is 4.42. The summed E-state index contributed by atoms with van der Waals surface area (Å²) in [5.41, 5.74) is 2.56. The van der Waals surface area contributed by atoms with Crippen molar-refractivity contribution in [1.82, 2.24) is 0 Å². The van der Waals surface area contributed by atoms with E-state index < -0.39 is 23.9 Å². The van der Waals surface area contributed by atoms with Crippen molar-refractivity contribution in [3.05, 3.63) is 70.8 Å². The predicted molar refractivity (Wildman–Crippen MR) is 195 cm³/mol. The van der Waals surface area contributed by atoms with Crippen LogP contribution in [0.25, 0.3) is 12.2 Å². The van der Waals surface area contributed by atoms with Crippen molar-refractivity contribution in [1.29, 1.82) is 0 Å². The van der Waals surface area contributed by atoms with Gasteiger partial charge in [0.1, 0.15) is 37.6 Å². The van der Waals surface area contributed by atoms with Crippen molar-refractivity contribution in [3.8, 4) is 0 Å². The van der Waals surface area contributed by atoms with Gasteiger partial charge in [-0.1, -0.05) is 24.3 Å². The predicted octanol–water partition coefficient (Wildman–Crippen LogP) is 2.56. The number of cyclic esters (lactones) is 4. The van der Waals surface area contributed by atoms with Gasteiger partial charge in [0.25, 0.3) is 0 Å². The van der Waals surface area contributed by atoms with E-state index in [1.807, 2.05) is 62.3 Å². The molecular formula is C38H50N2O13. The van der Waals surface area contributed by atoms with E-state index in [0.29, 0.717) is 11.1 Å². The molecule has 15 nitrogen and oxygen atoms in total. The third-order valence-electron chi connectivity index (χ3n) is 7.28. The maximum absolute atomic E-state index is 12.9. The van der Waals surface area contributed by atoms with Gasteiger partial charge in [-0.3, -0.25) is 0 Å². The van der Waals surface area contributed by atoms with Gasteiger partial charge in [-0.05, 0) is 47.5 Å². The minimum atomic E-state index is -0.864. The second-order valence-corrected chi connectivity index (χ2v) is 11.7. The molecule has 0 atom stereocenters. The summed E-state index contributed by atoms with van der Waals surface area (Å²) in [5, 5.41) is 0. The molecule has 0 amide bonds. The summed E-state index contributed by atoms with van der Waals surface area (Å²) in [5.74, 6) is -3.43. The molecule has 0 saturated carbocycles. The van der Waals surface area contributed by atoms with Crippen LogP contribution in [0, 0.1) is 0 Å². The molecule has 53 heavy (non-hydrogen) atoms. The first-order valence-electron chi connectivity index (χ1n) is 17.2. The molecule has 3 rings (SSSR count). The van der Waals surface area contributed by atoms with Crippen molar-refractivity contribution in [2.24, 2.45) is 0 Å². The maximum atomic E-state index is 12.9. The molecule has 0 radical (unpaired) electrons. The quantitative estimate of drug-likeness (QED) is 0.195. The molecule has 2 aromatic rings. The molecule has 1 heterocycles. The number of carbonyl (C=O) groups is 4.